The molecular weight excluding hydrogens is 853 g/mol. The van der Waals surface area contributed by atoms with Gasteiger partial charge in [0.25, 0.3) is 0 Å². The highest BCUT2D eigenvalue weighted by Crippen LogP contribution is 2.26. The summed E-state index contributed by atoms with van der Waals surface area (Å²) in [6, 6.07) is 0. The summed E-state index contributed by atoms with van der Waals surface area (Å²) < 4.78 is 33.4. The van der Waals surface area contributed by atoms with Crippen LogP contribution in [0.4, 0.5) is 0 Å². The molecule has 15 nitrogen and oxygen atoms in total. The third-order valence-electron chi connectivity index (χ3n) is 11.0. The van der Waals surface area contributed by atoms with Crippen molar-refractivity contribution in [1.82, 2.24) is 0 Å². The van der Waals surface area contributed by atoms with Crippen molar-refractivity contribution < 1.29 is 73.8 Å². The molecule has 2 rings (SSSR count). The smallest absolute Gasteiger partial charge is 0.306 e. The maximum Gasteiger partial charge on any atom is 0.306 e. The van der Waals surface area contributed by atoms with Crippen molar-refractivity contribution in [1.29, 1.82) is 0 Å². The van der Waals surface area contributed by atoms with Gasteiger partial charge in [-0.15, -0.1) is 0 Å². The number of unbranched alkanes of at least 4 members (excludes halogenated alkanes) is 10. The van der Waals surface area contributed by atoms with E-state index >= 15 is 0 Å². The van der Waals surface area contributed by atoms with Crippen LogP contribution >= 0.6 is 0 Å². The van der Waals surface area contributed by atoms with Crippen LogP contribution in [-0.4, -0.2) is 142 Å². The lowest BCUT2D eigenvalue weighted by Gasteiger charge is -2.42. The summed E-state index contributed by atoms with van der Waals surface area (Å²) in [6.45, 7) is 2.32. The van der Waals surface area contributed by atoms with Gasteiger partial charge in [-0.1, -0.05) is 131 Å². The van der Waals surface area contributed by atoms with E-state index in [9.17, 15) is 45.3 Å². The topological polar surface area (TPSA) is 231 Å². The van der Waals surface area contributed by atoms with E-state index < -0.39 is 99.3 Å². The van der Waals surface area contributed by atoms with E-state index in [0.29, 0.717) is 12.8 Å². The largest absolute Gasteiger partial charge is 0.462 e. The molecule has 376 valence electrons. The molecule has 0 aromatic carbocycles. The number of rotatable bonds is 35. The van der Waals surface area contributed by atoms with Crippen molar-refractivity contribution in [2.75, 3.05) is 26.4 Å². The quantitative estimate of drug-likeness (QED) is 0.0166. The van der Waals surface area contributed by atoms with Crippen molar-refractivity contribution in [3.63, 3.8) is 0 Å². The van der Waals surface area contributed by atoms with Gasteiger partial charge in [-0.25, -0.2) is 0 Å². The van der Waals surface area contributed by atoms with Gasteiger partial charge in [0.2, 0.25) is 0 Å². The molecule has 11 atom stereocenters. The zero-order valence-electron chi connectivity index (χ0n) is 39.4. The summed E-state index contributed by atoms with van der Waals surface area (Å²) in [7, 11) is 0. The molecule has 2 aliphatic heterocycles. The Morgan fingerprint density at radius 2 is 1.02 bits per heavy atom. The average Bonchev–Trinajstić information content (AvgIpc) is 3.31. The zero-order chi connectivity index (χ0) is 48.2. The van der Waals surface area contributed by atoms with E-state index in [1.165, 1.54) is 19.3 Å². The fraction of sp³-hybridized carbons (Fsp3) is 0.686. The minimum Gasteiger partial charge on any atom is -0.462 e. The predicted molar refractivity (Wildman–Crippen MR) is 252 cm³/mol. The summed E-state index contributed by atoms with van der Waals surface area (Å²) in [4.78, 5) is 25.7. The Morgan fingerprint density at radius 1 is 0.515 bits per heavy atom. The lowest BCUT2D eigenvalue weighted by atomic mass is 9.98. The van der Waals surface area contributed by atoms with Crippen LogP contribution in [0.2, 0.25) is 0 Å². The fourth-order valence-electron chi connectivity index (χ4n) is 6.94. The molecule has 7 N–H and O–H groups in total. The summed E-state index contributed by atoms with van der Waals surface area (Å²) in [6.07, 6.45) is 27.6. The first-order chi connectivity index (χ1) is 32.0. The first kappa shape index (κ1) is 58.8. The number of carbonyl (C=O) groups is 2. The van der Waals surface area contributed by atoms with Crippen LogP contribution in [0, 0.1) is 0 Å². The maximum atomic E-state index is 13.0. The second-order valence-electron chi connectivity index (χ2n) is 16.6. The van der Waals surface area contributed by atoms with Gasteiger partial charge in [0.1, 0.15) is 55.4 Å². The number of hydrogen-bond donors (Lipinski definition) is 7. The zero-order valence-corrected chi connectivity index (χ0v) is 39.4. The second kappa shape index (κ2) is 37.6. The first-order valence-corrected chi connectivity index (χ1v) is 24.2. The highest BCUT2D eigenvalue weighted by atomic mass is 16.7. The molecule has 0 radical (unpaired) electrons. The number of hydrogen-bond acceptors (Lipinski definition) is 15. The first-order valence-electron chi connectivity index (χ1n) is 24.2. The van der Waals surface area contributed by atoms with Crippen LogP contribution < -0.4 is 0 Å². The van der Waals surface area contributed by atoms with Crippen LogP contribution in [0.15, 0.2) is 85.1 Å². The van der Waals surface area contributed by atoms with E-state index in [1.807, 2.05) is 36.5 Å². The molecular formula is C51H82O15. The van der Waals surface area contributed by atoms with Crippen LogP contribution in [0.1, 0.15) is 129 Å². The minimum atomic E-state index is -1.78. The average molecular weight is 935 g/mol. The molecule has 0 bridgehead atoms. The molecule has 0 aromatic rings. The summed E-state index contributed by atoms with van der Waals surface area (Å²) in [5.41, 5.74) is 0. The van der Waals surface area contributed by atoms with Gasteiger partial charge < -0.3 is 64.2 Å². The van der Waals surface area contributed by atoms with Crippen molar-refractivity contribution in [3.05, 3.63) is 85.1 Å². The van der Waals surface area contributed by atoms with Crippen molar-refractivity contribution >= 4 is 11.9 Å². The van der Waals surface area contributed by atoms with E-state index in [2.05, 4.69) is 62.5 Å². The van der Waals surface area contributed by atoms with Gasteiger partial charge in [0.05, 0.1) is 19.8 Å². The van der Waals surface area contributed by atoms with Gasteiger partial charge in [-0.3, -0.25) is 9.59 Å². The van der Waals surface area contributed by atoms with Crippen molar-refractivity contribution in [3.8, 4) is 0 Å². The number of ether oxygens (including phenoxy) is 6. The summed E-state index contributed by atoms with van der Waals surface area (Å²) in [5.74, 6) is -1.01. The number of allylic oxidation sites excluding steroid dienone is 14. The normalized spacial score (nSPS) is 26.9. The Morgan fingerprint density at radius 3 is 1.67 bits per heavy atom. The van der Waals surface area contributed by atoms with Crippen LogP contribution in [-0.2, 0) is 38.0 Å². The Kier molecular flexibility index (Phi) is 33.5. The minimum absolute atomic E-state index is 0.106. The molecule has 0 aliphatic carbocycles. The van der Waals surface area contributed by atoms with E-state index in [-0.39, 0.29) is 19.4 Å². The van der Waals surface area contributed by atoms with Crippen LogP contribution in [0.25, 0.3) is 0 Å². The molecule has 0 aromatic heterocycles. The van der Waals surface area contributed by atoms with Gasteiger partial charge in [-0.2, -0.15) is 0 Å². The summed E-state index contributed by atoms with van der Waals surface area (Å²) in [5, 5.41) is 72.0. The third kappa shape index (κ3) is 25.7. The Hall–Kier alpha value is -3.32. The molecule has 4 unspecified atom stereocenters. The van der Waals surface area contributed by atoms with Crippen LogP contribution in [0.3, 0.4) is 0 Å². The Balaban J connectivity index is 1.87. The van der Waals surface area contributed by atoms with Gasteiger partial charge in [0.15, 0.2) is 18.7 Å². The molecule has 0 spiro atoms. The predicted octanol–water partition coefficient (Wildman–Crippen LogP) is 6.04. The number of aliphatic hydroxyl groups is 7. The van der Waals surface area contributed by atoms with E-state index in [0.717, 1.165) is 70.6 Å². The molecule has 2 saturated heterocycles. The molecule has 2 heterocycles. The number of aliphatic hydroxyl groups excluding tert-OH is 7. The molecule has 2 fully saturated rings. The monoisotopic (exact) mass is 935 g/mol. The van der Waals surface area contributed by atoms with Crippen LogP contribution in [0.5, 0.6) is 0 Å². The molecule has 0 amide bonds. The van der Waals surface area contributed by atoms with Gasteiger partial charge in [-0.05, 0) is 70.6 Å². The van der Waals surface area contributed by atoms with Gasteiger partial charge in [0, 0.05) is 12.8 Å². The highest BCUT2D eigenvalue weighted by molar-refractivity contribution is 5.70. The van der Waals surface area contributed by atoms with Gasteiger partial charge >= 0.3 is 11.9 Å². The SMILES string of the molecule is CC/C=C/C=C/C=C/C=C/CCCCCCCC(=O)OC[C@H](CO[C@@H]1O[C@H](CO[C@@H]2O[C@H](CO)[C@H](O)C(O)C2O)[C@H](O)C(O)C1O)OC(=O)CCCC/C=C/C/C=C/C/C=C/CCCCC. The molecule has 0 saturated carbocycles. The lowest BCUT2D eigenvalue weighted by molar-refractivity contribution is -0.332. The Bertz CT molecular complexity index is 1470. The highest BCUT2D eigenvalue weighted by Gasteiger charge is 2.47. The molecule has 15 heteroatoms. The van der Waals surface area contributed by atoms with Crippen molar-refractivity contribution in [2.45, 2.75) is 197 Å². The van der Waals surface area contributed by atoms with Crippen molar-refractivity contribution in [2.24, 2.45) is 0 Å². The Labute approximate surface area is 393 Å². The fourth-order valence-corrected chi connectivity index (χ4v) is 6.94. The lowest BCUT2D eigenvalue weighted by Crippen LogP contribution is -2.61. The second-order valence-corrected chi connectivity index (χ2v) is 16.6. The maximum absolute atomic E-state index is 13.0. The third-order valence-corrected chi connectivity index (χ3v) is 11.0. The van der Waals surface area contributed by atoms with E-state index in [1.54, 1.807) is 0 Å². The standard InChI is InChI=1S/C51H82O15/c1-3-5-7-9-11-13-15-17-19-21-23-25-27-29-31-33-42(53)61-36-39(64-43(54)34-32-30-28-26-24-22-20-18-16-14-12-10-8-6-4-2)37-62-50-49(60)47(58)45(56)41(66-50)38-63-51-48(59)46(57)44(55)40(35-52)65-51/h5,7,9,11-15,17-20,24,26,39-41,44-52,55-60H,3-4,6,8,10,16,21-23,25,27-38H2,1-2H3/b7-5+,11-9+,14-12+,15-13+,19-17+,20-18+,26-24+/t39-,40-,41-,44+,45+,46?,47?,48?,49?,50-,51-/m1/s1. The number of carbonyl (C=O) groups excluding carboxylic acids is 2. The number of esters is 2. The molecule has 2 aliphatic rings. The summed E-state index contributed by atoms with van der Waals surface area (Å²) >= 11 is 0. The van der Waals surface area contributed by atoms with E-state index in [4.69, 9.17) is 28.4 Å². The molecule has 66 heavy (non-hydrogen) atoms.